The molecule has 2 heterocycles. The summed E-state index contributed by atoms with van der Waals surface area (Å²) in [5, 5.41) is 0.688. The van der Waals surface area contributed by atoms with Crippen LogP contribution in [0.3, 0.4) is 0 Å². The Kier molecular flexibility index (Phi) is 4.63. The van der Waals surface area contributed by atoms with E-state index in [1.165, 1.54) is 0 Å². The average Bonchev–Trinajstić information content (AvgIpc) is 2.55. The van der Waals surface area contributed by atoms with E-state index in [2.05, 4.69) is 0 Å². The Labute approximate surface area is 129 Å². The number of benzene rings is 1. The van der Waals surface area contributed by atoms with Crippen molar-refractivity contribution in [1.29, 1.82) is 0 Å². The van der Waals surface area contributed by atoms with Gasteiger partial charge in [0.2, 0.25) is 0 Å². The molecule has 0 bridgehead atoms. The molecule has 2 saturated heterocycles. The van der Waals surface area contributed by atoms with E-state index in [4.69, 9.17) is 21.1 Å². The summed E-state index contributed by atoms with van der Waals surface area (Å²) in [6.45, 7) is 4.31. The number of urea groups is 1. The third kappa shape index (κ3) is 3.48. The second-order valence-electron chi connectivity index (χ2n) is 5.24. The molecule has 0 N–H and O–H groups in total. The Hall–Kier alpha value is -1.30. The minimum Gasteiger partial charge on any atom is -0.378 e. The molecule has 1 atom stereocenters. The standard InChI is InChI=1S/C15H19ClN2O3/c16-13-3-1-2-12(10-13)14-11-18(6-9-21-14)15(19)17-4-7-20-8-5-17/h1-3,10,14H,4-9,11H2. The van der Waals surface area contributed by atoms with Gasteiger partial charge in [-0.3, -0.25) is 0 Å². The molecule has 0 aromatic heterocycles. The van der Waals surface area contributed by atoms with E-state index in [0.717, 1.165) is 5.56 Å². The highest BCUT2D eigenvalue weighted by Crippen LogP contribution is 2.25. The molecule has 1 aromatic rings. The molecule has 0 aliphatic carbocycles. The summed E-state index contributed by atoms with van der Waals surface area (Å²) in [5.74, 6) is 0. The van der Waals surface area contributed by atoms with E-state index in [1.54, 1.807) is 0 Å². The van der Waals surface area contributed by atoms with Crippen molar-refractivity contribution in [2.75, 3.05) is 46.0 Å². The maximum absolute atomic E-state index is 12.5. The lowest BCUT2D eigenvalue weighted by Gasteiger charge is -2.37. The van der Waals surface area contributed by atoms with Gasteiger partial charge in [0.15, 0.2) is 0 Å². The zero-order valence-electron chi connectivity index (χ0n) is 11.8. The van der Waals surface area contributed by atoms with Crippen LogP contribution < -0.4 is 0 Å². The molecule has 2 aliphatic heterocycles. The molecule has 5 nitrogen and oxygen atoms in total. The van der Waals surface area contributed by atoms with Crippen molar-refractivity contribution in [3.05, 3.63) is 34.9 Å². The second kappa shape index (κ2) is 6.64. The van der Waals surface area contributed by atoms with Gasteiger partial charge < -0.3 is 19.3 Å². The lowest BCUT2D eigenvalue weighted by Crippen LogP contribution is -2.51. The minimum absolute atomic E-state index is 0.0774. The van der Waals surface area contributed by atoms with Gasteiger partial charge in [-0.2, -0.15) is 0 Å². The summed E-state index contributed by atoms with van der Waals surface area (Å²) in [5.41, 5.74) is 1.02. The normalized spacial score (nSPS) is 23.2. The first-order valence-corrected chi connectivity index (χ1v) is 7.60. The maximum atomic E-state index is 12.5. The monoisotopic (exact) mass is 310 g/mol. The van der Waals surface area contributed by atoms with Crippen LogP contribution in [0.5, 0.6) is 0 Å². The summed E-state index contributed by atoms with van der Waals surface area (Å²) in [6, 6.07) is 7.70. The van der Waals surface area contributed by atoms with Crippen LogP contribution in [-0.4, -0.2) is 61.8 Å². The Bertz CT molecular complexity index is 505. The van der Waals surface area contributed by atoms with Crippen molar-refractivity contribution in [3.8, 4) is 0 Å². The van der Waals surface area contributed by atoms with Gasteiger partial charge in [0.1, 0.15) is 6.10 Å². The van der Waals surface area contributed by atoms with Gasteiger partial charge in [0.25, 0.3) is 0 Å². The van der Waals surface area contributed by atoms with Gasteiger partial charge >= 0.3 is 6.03 Å². The van der Waals surface area contributed by atoms with Crippen LogP contribution in [0.25, 0.3) is 0 Å². The van der Waals surface area contributed by atoms with Crippen LogP contribution >= 0.6 is 11.6 Å². The van der Waals surface area contributed by atoms with Gasteiger partial charge in [-0.05, 0) is 17.7 Å². The van der Waals surface area contributed by atoms with Crippen LogP contribution in [0, 0.1) is 0 Å². The lowest BCUT2D eigenvalue weighted by atomic mass is 10.1. The number of nitrogens with zero attached hydrogens (tertiary/aromatic N) is 2. The molecule has 0 radical (unpaired) electrons. The molecule has 3 rings (SSSR count). The number of rotatable bonds is 1. The topological polar surface area (TPSA) is 42.0 Å². The van der Waals surface area contributed by atoms with Crippen molar-refractivity contribution in [2.24, 2.45) is 0 Å². The van der Waals surface area contributed by atoms with E-state index >= 15 is 0 Å². The fourth-order valence-corrected chi connectivity index (χ4v) is 2.88. The van der Waals surface area contributed by atoms with Gasteiger partial charge in [-0.15, -0.1) is 0 Å². The molecule has 0 saturated carbocycles. The number of hydrogen-bond donors (Lipinski definition) is 0. The van der Waals surface area contributed by atoms with Gasteiger partial charge in [-0.25, -0.2) is 4.79 Å². The van der Waals surface area contributed by atoms with Crippen molar-refractivity contribution in [3.63, 3.8) is 0 Å². The summed E-state index contributed by atoms with van der Waals surface area (Å²) in [6.07, 6.45) is -0.109. The predicted octanol–water partition coefficient (Wildman–Crippen LogP) is 2.17. The van der Waals surface area contributed by atoms with Crippen molar-refractivity contribution < 1.29 is 14.3 Å². The Morgan fingerprint density at radius 1 is 1.14 bits per heavy atom. The van der Waals surface area contributed by atoms with Crippen molar-refractivity contribution >= 4 is 17.6 Å². The van der Waals surface area contributed by atoms with Crippen LogP contribution in [0.1, 0.15) is 11.7 Å². The molecule has 1 unspecified atom stereocenters. The first-order valence-electron chi connectivity index (χ1n) is 7.23. The SMILES string of the molecule is O=C(N1CCOCC1)N1CCOC(c2cccc(Cl)c2)C1. The van der Waals surface area contributed by atoms with E-state index in [0.29, 0.717) is 51.0 Å². The smallest absolute Gasteiger partial charge is 0.320 e. The zero-order valence-corrected chi connectivity index (χ0v) is 12.6. The largest absolute Gasteiger partial charge is 0.378 e. The van der Waals surface area contributed by atoms with E-state index in [9.17, 15) is 4.79 Å². The second-order valence-corrected chi connectivity index (χ2v) is 5.68. The van der Waals surface area contributed by atoms with E-state index in [1.807, 2.05) is 34.1 Å². The fourth-order valence-electron chi connectivity index (χ4n) is 2.69. The fraction of sp³-hybridized carbons (Fsp3) is 0.533. The Morgan fingerprint density at radius 2 is 1.90 bits per heavy atom. The van der Waals surface area contributed by atoms with E-state index < -0.39 is 0 Å². The number of morpholine rings is 2. The number of hydrogen-bond acceptors (Lipinski definition) is 3. The number of carbonyl (C=O) groups excluding carboxylic acids is 1. The summed E-state index contributed by atoms with van der Waals surface area (Å²) < 4.78 is 11.1. The van der Waals surface area contributed by atoms with Crippen LogP contribution in [0.2, 0.25) is 5.02 Å². The van der Waals surface area contributed by atoms with Crippen molar-refractivity contribution in [2.45, 2.75) is 6.10 Å². The number of amides is 2. The Balaban J connectivity index is 1.66. The molecule has 0 spiro atoms. The molecule has 2 aliphatic rings. The first-order chi connectivity index (χ1) is 10.2. The lowest BCUT2D eigenvalue weighted by molar-refractivity contribution is -0.0265. The molecule has 2 amide bonds. The van der Waals surface area contributed by atoms with E-state index in [-0.39, 0.29) is 12.1 Å². The summed E-state index contributed by atoms with van der Waals surface area (Å²) >= 11 is 6.03. The zero-order chi connectivity index (χ0) is 14.7. The summed E-state index contributed by atoms with van der Waals surface area (Å²) in [4.78, 5) is 16.2. The molecule has 6 heteroatoms. The third-order valence-corrected chi connectivity index (χ3v) is 4.07. The molecule has 2 fully saturated rings. The number of carbonyl (C=O) groups is 1. The molecule has 1 aromatic carbocycles. The first kappa shape index (κ1) is 14.6. The molecule has 114 valence electrons. The van der Waals surface area contributed by atoms with Gasteiger partial charge in [0, 0.05) is 24.7 Å². The summed E-state index contributed by atoms with van der Waals surface area (Å²) in [7, 11) is 0. The van der Waals surface area contributed by atoms with Gasteiger partial charge in [0.05, 0.1) is 26.4 Å². The van der Waals surface area contributed by atoms with Crippen molar-refractivity contribution in [1.82, 2.24) is 9.80 Å². The van der Waals surface area contributed by atoms with Crippen LogP contribution in [0.15, 0.2) is 24.3 Å². The average molecular weight is 311 g/mol. The highest BCUT2D eigenvalue weighted by atomic mass is 35.5. The molecular weight excluding hydrogens is 292 g/mol. The maximum Gasteiger partial charge on any atom is 0.320 e. The van der Waals surface area contributed by atoms with Gasteiger partial charge in [-0.1, -0.05) is 23.7 Å². The highest BCUT2D eigenvalue weighted by molar-refractivity contribution is 6.30. The third-order valence-electron chi connectivity index (χ3n) is 3.84. The molecule has 21 heavy (non-hydrogen) atoms. The number of ether oxygens (including phenoxy) is 2. The number of halogens is 1. The quantitative estimate of drug-likeness (QED) is 0.798. The minimum atomic E-state index is -0.109. The Morgan fingerprint density at radius 3 is 2.67 bits per heavy atom. The molecular formula is C15H19ClN2O3. The predicted molar refractivity (Wildman–Crippen MR) is 79.5 cm³/mol. The van der Waals surface area contributed by atoms with Crippen LogP contribution in [0.4, 0.5) is 4.79 Å². The highest BCUT2D eigenvalue weighted by Gasteiger charge is 2.29. The van der Waals surface area contributed by atoms with Crippen LogP contribution in [-0.2, 0) is 9.47 Å².